The topological polar surface area (TPSA) is 105 Å². The highest BCUT2D eigenvalue weighted by molar-refractivity contribution is 6.03. The molecule has 0 bridgehead atoms. The lowest BCUT2D eigenvalue weighted by atomic mass is 10.1. The summed E-state index contributed by atoms with van der Waals surface area (Å²) in [5.41, 5.74) is 0.894. The highest BCUT2D eigenvalue weighted by atomic mass is 16.5. The molecule has 24 heavy (non-hydrogen) atoms. The zero-order valence-corrected chi connectivity index (χ0v) is 12.9. The highest BCUT2D eigenvalue weighted by Crippen LogP contribution is 2.20. The minimum atomic E-state index is -1.33. The second-order valence-corrected chi connectivity index (χ2v) is 4.82. The lowest BCUT2D eigenvalue weighted by Crippen LogP contribution is -2.36. The van der Waals surface area contributed by atoms with Crippen molar-refractivity contribution in [1.82, 2.24) is 5.32 Å². The average molecular weight is 328 g/mol. The maximum absolute atomic E-state index is 12.5. The number of rotatable bonds is 5. The first-order valence-electron chi connectivity index (χ1n) is 7.05. The molecule has 7 heteroatoms. The quantitative estimate of drug-likeness (QED) is 0.731. The van der Waals surface area contributed by atoms with Crippen LogP contribution in [0.25, 0.3) is 0 Å². The Labute approximate surface area is 138 Å². The van der Waals surface area contributed by atoms with Gasteiger partial charge in [-0.3, -0.25) is 4.79 Å². The molecule has 1 atom stereocenters. The van der Waals surface area contributed by atoms with Gasteiger partial charge in [-0.05, 0) is 17.7 Å². The maximum atomic E-state index is 12.5. The first-order chi connectivity index (χ1) is 11.5. The summed E-state index contributed by atoms with van der Waals surface area (Å²) < 4.78 is 4.67. The molecule has 124 valence electrons. The number of hydrogen-bond donors (Lipinski definition) is 3. The van der Waals surface area contributed by atoms with Gasteiger partial charge in [0.05, 0.1) is 18.4 Å². The van der Waals surface area contributed by atoms with E-state index < -0.39 is 24.0 Å². The molecule has 2 amide bonds. The van der Waals surface area contributed by atoms with E-state index in [1.54, 1.807) is 42.5 Å². The molecule has 0 aliphatic rings. The number of amides is 2. The molecular weight excluding hydrogens is 312 g/mol. The van der Waals surface area contributed by atoms with Crippen molar-refractivity contribution < 1.29 is 24.2 Å². The summed E-state index contributed by atoms with van der Waals surface area (Å²) in [6, 6.07) is 13.6. The van der Waals surface area contributed by atoms with Crippen LogP contribution in [0.15, 0.2) is 54.6 Å². The molecule has 0 aliphatic heterocycles. The van der Waals surface area contributed by atoms with Gasteiger partial charge in [-0.25, -0.2) is 9.59 Å². The Morgan fingerprint density at radius 2 is 1.62 bits per heavy atom. The van der Waals surface area contributed by atoms with Gasteiger partial charge in [0.2, 0.25) is 0 Å². The first kappa shape index (κ1) is 17.0. The van der Waals surface area contributed by atoms with Crippen molar-refractivity contribution in [3.05, 3.63) is 65.7 Å². The lowest BCUT2D eigenvalue weighted by molar-refractivity contribution is -0.118. The number of carbonyl (C=O) groups excluding carboxylic acids is 2. The molecule has 1 unspecified atom stereocenters. The number of para-hydroxylation sites is 1. The van der Waals surface area contributed by atoms with Crippen LogP contribution >= 0.6 is 0 Å². The van der Waals surface area contributed by atoms with Crippen LogP contribution in [0.3, 0.4) is 0 Å². The Kier molecular flexibility index (Phi) is 5.51. The SMILES string of the molecule is COC(=O)c1ccccc1NC(=O)C(NC(=O)O)c1ccccc1. The predicted molar refractivity (Wildman–Crippen MR) is 86.8 cm³/mol. The molecule has 0 heterocycles. The number of carboxylic acid groups (broad SMARTS) is 1. The van der Waals surface area contributed by atoms with Crippen LogP contribution in [0.5, 0.6) is 0 Å². The Balaban J connectivity index is 2.29. The molecule has 2 rings (SSSR count). The third-order valence-electron chi connectivity index (χ3n) is 3.25. The fraction of sp³-hybridized carbons (Fsp3) is 0.118. The normalized spacial score (nSPS) is 11.2. The van der Waals surface area contributed by atoms with E-state index in [4.69, 9.17) is 5.11 Å². The molecule has 7 nitrogen and oxygen atoms in total. The van der Waals surface area contributed by atoms with E-state index in [1.807, 2.05) is 0 Å². The van der Waals surface area contributed by atoms with Gasteiger partial charge in [-0.1, -0.05) is 42.5 Å². The van der Waals surface area contributed by atoms with Crippen LogP contribution in [0.4, 0.5) is 10.5 Å². The number of ether oxygens (including phenoxy) is 1. The van der Waals surface area contributed by atoms with Crippen LogP contribution < -0.4 is 10.6 Å². The Bertz CT molecular complexity index is 746. The number of carbonyl (C=O) groups is 3. The Morgan fingerprint density at radius 3 is 2.25 bits per heavy atom. The van der Waals surface area contributed by atoms with E-state index in [2.05, 4.69) is 15.4 Å². The van der Waals surface area contributed by atoms with E-state index in [9.17, 15) is 14.4 Å². The minimum Gasteiger partial charge on any atom is -0.465 e. The van der Waals surface area contributed by atoms with Gasteiger partial charge in [-0.2, -0.15) is 0 Å². The third kappa shape index (κ3) is 4.10. The van der Waals surface area contributed by atoms with Crippen molar-refractivity contribution in [3.8, 4) is 0 Å². The summed E-state index contributed by atoms with van der Waals surface area (Å²) in [6.45, 7) is 0. The van der Waals surface area contributed by atoms with Crippen LogP contribution in [0.2, 0.25) is 0 Å². The van der Waals surface area contributed by atoms with Gasteiger partial charge >= 0.3 is 12.1 Å². The van der Waals surface area contributed by atoms with Gasteiger partial charge in [0.15, 0.2) is 0 Å². The van der Waals surface area contributed by atoms with Gasteiger partial charge in [0, 0.05) is 0 Å². The summed E-state index contributed by atoms with van der Waals surface area (Å²) in [6.07, 6.45) is -1.33. The summed E-state index contributed by atoms with van der Waals surface area (Å²) >= 11 is 0. The number of methoxy groups -OCH3 is 1. The summed E-state index contributed by atoms with van der Waals surface area (Å²) in [5.74, 6) is -1.21. The Morgan fingerprint density at radius 1 is 1.00 bits per heavy atom. The summed E-state index contributed by atoms with van der Waals surface area (Å²) in [7, 11) is 1.24. The number of nitrogens with one attached hydrogen (secondary N) is 2. The molecule has 0 saturated heterocycles. The minimum absolute atomic E-state index is 0.176. The smallest absolute Gasteiger partial charge is 0.405 e. The zero-order valence-electron chi connectivity index (χ0n) is 12.9. The van der Waals surface area contributed by atoms with Gasteiger partial charge in [0.1, 0.15) is 6.04 Å². The molecule has 3 N–H and O–H groups in total. The van der Waals surface area contributed by atoms with Gasteiger partial charge in [-0.15, -0.1) is 0 Å². The second-order valence-electron chi connectivity index (χ2n) is 4.82. The number of hydrogen-bond acceptors (Lipinski definition) is 4. The predicted octanol–water partition coefficient (Wildman–Crippen LogP) is 2.42. The van der Waals surface area contributed by atoms with E-state index in [0.29, 0.717) is 5.56 Å². The van der Waals surface area contributed by atoms with E-state index in [-0.39, 0.29) is 11.3 Å². The molecule has 2 aromatic carbocycles. The van der Waals surface area contributed by atoms with Crippen LogP contribution in [0.1, 0.15) is 22.0 Å². The summed E-state index contributed by atoms with van der Waals surface area (Å²) in [4.78, 5) is 35.3. The highest BCUT2D eigenvalue weighted by Gasteiger charge is 2.24. The molecule has 0 aliphatic carbocycles. The first-order valence-corrected chi connectivity index (χ1v) is 7.05. The van der Waals surface area contributed by atoms with E-state index >= 15 is 0 Å². The lowest BCUT2D eigenvalue weighted by Gasteiger charge is -2.18. The molecule has 0 radical (unpaired) electrons. The molecule has 2 aromatic rings. The van der Waals surface area contributed by atoms with Crippen molar-refractivity contribution in [2.24, 2.45) is 0 Å². The standard InChI is InChI=1S/C17H16N2O5/c1-24-16(21)12-9-5-6-10-13(12)18-15(20)14(19-17(22)23)11-7-3-2-4-8-11/h2-10,14,19H,1H3,(H,18,20)(H,22,23). The van der Waals surface area contributed by atoms with Crippen LogP contribution in [-0.4, -0.2) is 30.2 Å². The molecule has 0 saturated carbocycles. The molecule has 0 aromatic heterocycles. The summed E-state index contributed by atoms with van der Waals surface area (Å²) in [5, 5.41) is 13.7. The monoisotopic (exact) mass is 328 g/mol. The Hall–Kier alpha value is -3.35. The fourth-order valence-corrected chi connectivity index (χ4v) is 2.15. The van der Waals surface area contributed by atoms with Crippen molar-refractivity contribution in [2.45, 2.75) is 6.04 Å². The van der Waals surface area contributed by atoms with Crippen molar-refractivity contribution in [1.29, 1.82) is 0 Å². The second kappa shape index (κ2) is 7.77. The van der Waals surface area contributed by atoms with E-state index in [0.717, 1.165) is 0 Å². The maximum Gasteiger partial charge on any atom is 0.405 e. The van der Waals surface area contributed by atoms with Crippen molar-refractivity contribution in [3.63, 3.8) is 0 Å². The van der Waals surface area contributed by atoms with Crippen LogP contribution in [0, 0.1) is 0 Å². The van der Waals surface area contributed by atoms with Gasteiger partial charge in [0.25, 0.3) is 5.91 Å². The zero-order chi connectivity index (χ0) is 17.5. The molecule has 0 spiro atoms. The number of benzene rings is 2. The fourth-order valence-electron chi connectivity index (χ4n) is 2.15. The average Bonchev–Trinajstić information content (AvgIpc) is 2.60. The van der Waals surface area contributed by atoms with Crippen LogP contribution in [-0.2, 0) is 9.53 Å². The van der Waals surface area contributed by atoms with Gasteiger partial charge < -0.3 is 20.5 Å². The van der Waals surface area contributed by atoms with Crippen molar-refractivity contribution in [2.75, 3.05) is 12.4 Å². The third-order valence-corrected chi connectivity index (χ3v) is 3.25. The molecular formula is C17H16N2O5. The largest absolute Gasteiger partial charge is 0.465 e. The molecule has 0 fully saturated rings. The number of anilines is 1. The van der Waals surface area contributed by atoms with Crippen molar-refractivity contribution >= 4 is 23.7 Å². The number of esters is 1. The van der Waals surface area contributed by atoms with E-state index in [1.165, 1.54) is 19.2 Å².